The number of fused-ring (bicyclic) bond motifs is 1. The fraction of sp³-hybridized carbons (Fsp3) is 0.478. The van der Waals surface area contributed by atoms with Crippen molar-refractivity contribution >= 4 is 28.7 Å². The Labute approximate surface area is 176 Å². The summed E-state index contributed by atoms with van der Waals surface area (Å²) in [6.45, 7) is 0. The second-order valence-electron chi connectivity index (χ2n) is 8.09. The van der Waals surface area contributed by atoms with E-state index in [0.29, 0.717) is 6.42 Å². The molecule has 1 aromatic carbocycles. The predicted octanol–water partition coefficient (Wildman–Crippen LogP) is 5.02. The quantitative estimate of drug-likeness (QED) is 0.548. The summed E-state index contributed by atoms with van der Waals surface area (Å²) in [6.07, 6.45) is 13.5. The predicted molar refractivity (Wildman–Crippen MR) is 120 cm³/mol. The standard InChI is InChI=1S/C23H30N4OS/c1-29-16-11-20(22-25-18-9-3-4-10-19(18)26-22)24-21(28)17-23(12-5-2-6-13-23)27-14-7-8-15-27/h3-4,7-10,14-15,20H,2,5-6,11-13,16-17H2,1H3,(H,24,28)(H,25,26). The van der Waals surface area contributed by atoms with E-state index in [1.165, 1.54) is 19.3 Å². The molecule has 1 fully saturated rings. The Morgan fingerprint density at radius 3 is 2.69 bits per heavy atom. The monoisotopic (exact) mass is 410 g/mol. The van der Waals surface area contributed by atoms with Crippen LogP contribution in [0, 0.1) is 0 Å². The van der Waals surface area contributed by atoms with Gasteiger partial charge >= 0.3 is 0 Å². The summed E-state index contributed by atoms with van der Waals surface area (Å²) in [4.78, 5) is 21.4. The van der Waals surface area contributed by atoms with Crippen molar-refractivity contribution in [3.05, 3.63) is 54.6 Å². The number of para-hydroxylation sites is 2. The molecule has 4 rings (SSSR count). The number of nitrogens with zero attached hydrogens (tertiary/aromatic N) is 2. The normalized spacial score (nSPS) is 17.3. The minimum absolute atomic E-state index is 0.0901. The van der Waals surface area contributed by atoms with Crippen LogP contribution in [0.15, 0.2) is 48.8 Å². The molecule has 1 atom stereocenters. The fourth-order valence-corrected chi connectivity index (χ4v) is 5.05. The SMILES string of the molecule is CSCCC(NC(=O)CC1(n2cccc2)CCCCC1)c1nc2ccccc2[nH]1. The highest BCUT2D eigenvalue weighted by Gasteiger charge is 2.36. The Balaban J connectivity index is 1.52. The van der Waals surface area contributed by atoms with Crippen LogP contribution in [0.5, 0.6) is 0 Å². The van der Waals surface area contributed by atoms with E-state index in [4.69, 9.17) is 4.98 Å². The number of H-pyrrole nitrogens is 1. The minimum Gasteiger partial charge on any atom is -0.348 e. The molecule has 2 heterocycles. The smallest absolute Gasteiger partial charge is 0.222 e. The first-order valence-corrected chi connectivity index (χ1v) is 12.0. The van der Waals surface area contributed by atoms with Gasteiger partial charge in [-0.1, -0.05) is 31.4 Å². The van der Waals surface area contributed by atoms with Gasteiger partial charge in [-0.25, -0.2) is 4.98 Å². The van der Waals surface area contributed by atoms with Crippen LogP contribution in [0.3, 0.4) is 0 Å². The summed E-state index contributed by atoms with van der Waals surface area (Å²) in [5.41, 5.74) is 1.87. The van der Waals surface area contributed by atoms with Crippen molar-refractivity contribution in [2.75, 3.05) is 12.0 Å². The lowest BCUT2D eigenvalue weighted by Gasteiger charge is -2.39. The molecule has 1 unspecified atom stereocenters. The molecule has 1 aliphatic carbocycles. The van der Waals surface area contributed by atoms with Gasteiger partial charge in [0.15, 0.2) is 0 Å². The number of aromatic amines is 1. The molecule has 1 amide bonds. The average Bonchev–Trinajstić information content (AvgIpc) is 3.42. The first-order valence-electron chi connectivity index (χ1n) is 10.6. The van der Waals surface area contributed by atoms with Crippen molar-refractivity contribution < 1.29 is 4.79 Å². The highest BCUT2D eigenvalue weighted by atomic mass is 32.2. The summed E-state index contributed by atoms with van der Waals surface area (Å²) in [7, 11) is 0. The molecule has 0 saturated heterocycles. The number of hydrogen-bond donors (Lipinski definition) is 2. The largest absolute Gasteiger partial charge is 0.348 e. The Hall–Kier alpha value is -2.21. The number of benzene rings is 1. The zero-order chi connectivity index (χ0) is 20.1. The molecule has 6 heteroatoms. The number of aromatic nitrogens is 3. The average molecular weight is 411 g/mol. The van der Waals surface area contributed by atoms with Gasteiger partial charge in [-0.2, -0.15) is 11.8 Å². The first kappa shape index (κ1) is 20.1. The summed E-state index contributed by atoms with van der Waals surface area (Å²) in [5.74, 6) is 1.95. The Kier molecular flexibility index (Phi) is 6.28. The van der Waals surface area contributed by atoms with Crippen LogP contribution in [-0.4, -0.2) is 32.5 Å². The maximum absolute atomic E-state index is 13.2. The van der Waals surface area contributed by atoms with Gasteiger partial charge in [0.2, 0.25) is 5.91 Å². The third-order valence-corrected chi connectivity index (χ3v) is 6.75. The van der Waals surface area contributed by atoms with Gasteiger partial charge in [0, 0.05) is 12.4 Å². The number of amides is 1. The molecule has 1 aliphatic rings. The van der Waals surface area contributed by atoms with Crippen LogP contribution < -0.4 is 5.32 Å². The topological polar surface area (TPSA) is 62.7 Å². The zero-order valence-corrected chi connectivity index (χ0v) is 17.9. The third-order valence-electron chi connectivity index (χ3n) is 6.11. The van der Waals surface area contributed by atoms with E-state index in [1.54, 1.807) is 11.8 Å². The molecular weight excluding hydrogens is 380 g/mol. The van der Waals surface area contributed by atoms with Crippen molar-refractivity contribution in [2.45, 2.75) is 56.5 Å². The lowest BCUT2D eigenvalue weighted by Crippen LogP contribution is -2.41. The molecule has 3 aromatic rings. The second kappa shape index (κ2) is 9.08. The maximum Gasteiger partial charge on any atom is 0.222 e. The molecule has 29 heavy (non-hydrogen) atoms. The number of nitrogens with one attached hydrogen (secondary N) is 2. The van der Waals surface area contributed by atoms with Gasteiger partial charge in [0.1, 0.15) is 5.82 Å². The van der Waals surface area contributed by atoms with Crippen molar-refractivity contribution in [3.63, 3.8) is 0 Å². The molecule has 0 bridgehead atoms. The van der Waals surface area contributed by atoms with Gasteiger partial charge in [0.05, 0.1) is 29.0 Å². The number of carbonyl (C=O) groups is 1. The van der Waals surface area contributed by atoms with Crippen molar-refractivity contribution in [2.24, 2.45) is 0 Å². The van der Waals surface area contributed by atoms with E-state index in [-0.39, 0.29) is 17.5 Å². The molecule has 5 nitrogen and oxygen atoms in total. The Morgan fingerprint density at radius 1 is 1.21 bits per heavy atom. The van der Waals surface area contributed by atoms with Crippen LogP contribution in [0.2, 0.25) is 0 Å². The number of rotatable bonds is 8. The Morgan fingerprint density at radius 2 is 1.97 bits per heavy atom. The number of hydrogen-bond acceptors (Lipinski definition) is 3. The maximum atomic E-state index is 13.2. The van der Waals surface area contributed by atoms with Crippen LogP contribution in [0.1, 0.15) is 56.8 Å². The first-order chi connectivity index (χ1) is 14.2. The van der Waals surface area contributed by atoms with E-state index >= 15 is 0 Å². The third kappa shape index (κ3) is 4.53. The van der Waals surface area contributed by atoms with E-state index in [0.717, 1.165) is 41.9 Å². The van der Waals surface area contributed by atoms with Gasteiger partial charge in [-0.05, 0) is 55.5 Å². The van der Waals surface area contributed by atoms with E-state index in [9.17, 15) is 4.79 Å². The van der Waals surface area contributed by atoms with Crippen molar-refractivity contribution in [3.8, 4) is 0 Å². The molecule has 154 valence electrons. The van der Waals surface area contributed by atoms with Crippen molar-refractivity contribution in [1.82, 2.24) is 19.9 Å². The van der Waals surface area contributed by atoms with Gasteiger partial charge < -0.3 is 14.9 Å². The number of imidazole rings is 1. The molecule has 0 radical (unpaired) electrons. The zero-order valence-electron chi connectivity index (χ0n) is 17.1. The van der Waals surface area contributed by atoms with Gasteiger partial charge in [0.25, 0.3) is 0 Å². The van der Waals surface area contributed by atoms with Crippen LogP contribution >= 0.6 is 11.8 Å². The molecule has 2 N–H and O–H groups in total. The number of thioether (sulfide) groups is 1. The molecule has 0 spiro atoms. The molecule has 0 aliphatic heterocycles. The van der Waals surface area contributed by atoms with Crippen LogP contribution in [-0.2, 0) is 10.3 Å². The summed E-state index contributed by atoms with van der Waals surface area (Å²) in [6, 6.07) is 12.1. The van der Waals surface area contributed by atoms with Crippen LogP contribution in [0.4, 0.5) is 0 Å². The molecule has 2 aromatic heterocycles. The van der Waals surface area contributed by atoms with Crippen LogP contribution in [0.25, 0.3) is 11.0 Å². The van der Waals surface area contributed by atoms with Gasteiger partial charge in [-0.3, -0.25) is 4.79 Å². The van der Waals surface area contributed by atoms with E-state index < -0.39 is 0 Å². The highest BCUT2D eigenvalue weighted by Crippen LogP contribution is 2.38. The Bertz CT molecular complexity index is 894. The molecular formula is C23H30N4OS. The number of carbonyl (C=O) groups excluding carboxylic acids is 1. The minimum atomic E-state index is -0.0935. The fourth-order valence-electron chi connectivity index (χ4n) is 4.58. The molecule has 1 saturated carbocycles. The summed E-state index contributed by atoms with van der Waals surface area (Å²) < 4.78 is 2.27. The van der Waals surface area contributed by atoms with Crippen molar-refractivity contribution in [1.29, 1.82) is 0 Å². The van der Waals surface area contributed by atoms with E-state index in [2.05, 4.69) is 45.7 Å². The second-order valence-corrected chi connectivity index (χ2v) is 9.08. The van der Waals surface area contributed by atoms with Gasteiger partial charge in [-0.15, -0.1) is 0 Å². The lowest BCUT2D eigenvalue weighted by molar-refractivity contribution is -0.124. The summed E-state index contributed by atoms with van der Waals surface area (Å²) >= 11 is 1.79. The lowest BCUT2D eigenvalue weighted by atomic mass is 9.78. The van der Waals surface area contributed by atoms with E-state index in [1.807, 2.05) is 24.3 Å². The highest BCUT2D eigenvalue weighted by molar-refractivity contribution is 7.98. The summed E-state index contributed by atoms with van der Waals surface area (Å²) in [5, 5.41) is 3.30.